The van der Waals surface area contributed by atoms with Gasteiger partial charge in [0.05, 0.1) is 11.1 Å². The number of benzene rings is 3. The molecule has 0 fully saturated rings. The summed E-state index contributed by atoms with van der Waals surface area (Å²) in [5.41, 5.74) is 1.55. The van der Waals surface area contributed by atoms with Gasteiger partial charge in [0.25, 0.3) is 0 Å². The zero-order valence-corrected chi connectivity index (χ0v) is 18.6. The summed E-state index contributed by atoms with van der Waals surface area (Å²) in [7, 11) is 0. The van der Waals surface area contributed by atoms with E-state index in [0.717, 1.165) is 7.14 Å². The summed E-state index contributed by atoms with van der Waals surface area (Å²) in [5, 5.41) is 0. The number of carbonyl (C=O) groups is 2. The quantitative estimate of drug-likeness (QED) is 0.227. The highest BCUT2D eigenvalue weighted by Gasteiger charge is 2.17. The van der Waals surface area contributed by atoms with Crippen LogP contribution in [-0.2, 0) is 0 Å². The number of esters is 2. The maximum atomic E-state index is 12.5. The van der Waals surface area contributed by atoms with Crippen LogP contribution >= 0.6 is 45.2 Å². The van der Waals surface area contributed by atoms with Crippen LogP contribution < -0.4 is 9.47 Å². The molecule has 0 bridgehead atoms. The van der Waals surface area contributed by atoms with E-state index >= 15 is 0 Å². The third-order valence-electron chi connectivity index (χ3n) is 3.83. The van der Waals surface area contributed by atoms with Crippen molar-refractivity contribution >= 4 is 57.1 Å². The van der Waals surface area contributed by atoms with E-state index in [2.05, 4.69) is 45.2 Å². The maximum absolute atomic E-state index is 12.5. The number of hydrogen-bond acceptors (Lipinski definition) is 4. The van der Waals surface area contributed by atoms with E-state index in [1.807, 2.05) is 24.3 Å². The number of rotatable bonds is 4. The Morgan fingerprint density at radius 3 is 1.48 bits per heavy atom. The molecule has 0 aromatic heterocycles. The lowest BCUT2D eigenvalue weighted by Crippen LogP contribution is -2.13. The molecule has 0 saturated heterocycles. The summed E-state index contributed by atoms with van der Waals surface area (Å²) in [6.45, 7) is 1.75. The molecule has 0 spiro atoms. The highest BCUT2D eigenvalue weighted by molar-refractivity contribution is 14.1. The molecule has 4 nitrogen and oxygen atoms in total. The fourth-order valence-corrected chi connectivity index (χ4v) is 3.59. The summed E-state index contributed by atoms with van der Waals surface area (Å²) in [6, 6.07) is 19.4. The van der Waals surface area contributed by atoms with Crippen molar-refractivity contribution in [3.63, 3.8) is 0 Å². The zero-order chi connectivity index (χ0) is 19.4. The van der Waals surface area contributed by atoms with E-state index in [4.69, 9.17) is 9.47 Å². The molecule has 0 aliphatic carbocycles. The van der Waals surface area contributed by atoms with E-state index in [1.54, 1.807) is 49.4 Å². The van der Waals surface area contributed by atoms with Crippen LogP contribution in [0, 0.1) is 14.1 Å². The smallest absolute Gasteiger partial charge is 0.344 e. The molecule has 0 atom stereocenters. The Kier molecular flexibility index (Phi) is 6.48. The number of carbonyl (C=O) groups excluding carboxylic acids is 2. The predicted molar refractivity (Wildman–Crippen MR) is 119 cm³/mol. The van der Waals surface area contributed by atoms with E-state index in [1.165, 1.54) is 0 Å². The molecule has 3 aromatic carbocycles. The monoisotopic (exact) mass is 584 g/mol. The molecule has 0 heterocycles. The van der Waals surface area contributed by atoms with Crippen LogP contribution in [0.2, 0.25) is 0 Å². The fourth-order valence-electron chi connectivity index (χ4n) is 2.38. The molecule has 27 heavy (non-hydrogen) atoms. The standard InChI is InChI=1S/C21H14I2O4/c1-13-18(26-20(24)14-7-2-4-9-16(14)22)11-6-12-19(13)27-21(25)15-8-3-5-10-17(15)23/h2-12H,1H3. The van der Waals surface area contributed by atoms with Gasteiger partial charge in [-0.15, -0.1) is 0 Å². The Labute approximate surface area is 184 Å². The van der Waals surface area contributed by atoms with Crippen molar-refractivity contribution in [2.45, 2.75) is 6.92 Å². The molecule has 0 saturated carbocycles. The van der Waals surface area contributed by atoms with Crippen LogP contribution in [0.15, 0.2) is 66.7 Å². The molecule has 0 aliphatic rings. The van der Waals surface area contributed by atoms with Crippen LogP contribution in [0.5, 0.6) is 11.5 Å². The first-order valence-corrected chi connectivity index (χ1v) is 10.2. The second kappa shape index (κ2) is 8.83. The normalized spacial score (nSPS) is 10.3. The Hall–Kier alpha value is -1.94. The molecular weight excluding hydrogens is 570 g/mol. The Morgan fingerprint density at radius 1 is 0.667 bits per heavy atom. The second-order valence-corrected chi connectivity index (χ2v) is 7.94. The van der Waals surface area contributed by atoms with Gasteiger partial charge in [-0.2, -0.15) is 0 Å². The number of halogens is 2. The van der Waals surface area contributed by atoms with E-state index in [9.17, 15) is 9.59 Å². The molecule has 0 amide bonds. The fraction of sp³-hybridized carbons (Fsp3) is 0.0476. The minimum absolute atomic E-state index is 0.354. The highest BCUT2D eigenvalue weighted by Crippen LogP contribution is 2.29. The first kappa shape index (κ1) is 19.8. The predicted octanol–water partition coefficient (Wildman–Crippen LogP) is 5.64. The zero-order valence-electron chi connectivity index (χ0n) is 14.2. The van der Waals surface area contributed by atoms with E-state index in [-0.39, 0.29) is 0 Å². The third-order valence-corrected chi connectivity index (χ3v) is 5.71. The minimum Gasteiger partial charge on any atom is -0.422 e. The lowest BCUT2D eigenvalue weighted by Gasteiger charge is -2.12. The largest absolute Gasteiger partial charge is 0.422 e. The van der Waals surface area contributed by atoms with Crippen LogP contribution in [0.25, 0.3) is 0 Å². The molecule has 136 valence electrons. The van der Waals surface area contributed by atoms with Gasteiger partial charge in [0.15, 0.2) is 0 Å². The van der Waals surface area contributed by atoms with Crippen LogP contribution in [0.1, 0.15) is 26.3 Å². The summed E-state index contributed by atoms with van der Waals surface area (Å²) in [5.74, 6) is -0.200. The first-order valence-electron chi connectivity index (χ1n) is 8.00. The van der Waals surface area contributed by atoms with Crippen molar-refractivity contribution in [2.24, 2.45) is 0 Å². The molecule has 3 aromatic rings. The van der Waals surface area contributed by atoms with Gasteiger partial charge in [-0.1, -0.05) is 30.3 Å². The summed E-state index contributed by atoms with van der Waals surface area (Å²) in [6.07, 6.45) is 0. The Morgan fingerprint density at radius 2 is 1.07 bits per heavy atom. The van der Waals surface area contributed by atoms with Crippen molar-refractivity contribution in [1.82, 2.24) is 0 Å². The van der Waals surface area contributed by atoms with Crippen LogP contribution in [0.3, 0.4) is 0 Å². The topological polar surface area (TPSA) is 52.6 Å². The highest BCUT2D eigenvalue weighted by atomic mass is 127. The van der Waals surface area contributed by atoms with Gasteiger partial charge in [-0.05, 0) is 88.5 Å². The summed E-state index contributed by atoms with van der Waals surface area (Å²) in [4.78, 5) is 24.9. The molecular formula is C21H14I2O4. The van der Waals surface area contributed by atoms with Gasteiger partial charge in [0.2, 0.25) is 0 Å². The number of ether oxygens (including phenoxy) is 2. The van der Waals surface area contributed by atoms with Gasteiger partial charge in [-0.3, -0.25) is 0 Å². The first-order chi connectivity index (χ1) is 13.0. The van der Waals surface area contributed by atoms with E-state index in [0.29, 0.717) is 28.2 Å². The van der Waals surface area contributed by atoms with Crippen molar-refractivity contribution < 1.29 is 19.1 Å². The van der Waals surface area contributed by atoms with Crippen molar-refractivity contribution in [2.75, 3.05) is 0 Å². The van der Waals surface area contributed by atoms with Crippen LogP contribution in [0.4, 0.5) is 0 Å². The average Bonchev–Trinajstić information content (AvgIpc) is 2.65. The lowest BCUT2D eigenvalue weighted by molar-refractivity contribution is 0.0729. The third kappa shape index (κ3) is 4.67. The molecule has 0 N–H and O–H groups in total. The Bertz CT molecular complexity index is 937. The van der Waals surface area contributed by atoms with E-state index < -0.39 is 11.9 Å². The van der Waals surface area contributed by atoms with Crippen molar-refractivity contribution in [3.05, 3.63) is 90.6 Å². The average molecular weight is 584 g/mol. The summed E-state index contributed by atoms with van der Waals surface area (Å²) >= 11 is 4.18. The molecule has 6 heteroatoms. The van der Waals surface area contributed by atoms with Crippen LogP contribution in [-0.4, -0.2) is 11.9 Å². The maximum Gasteiger partial charge on any atom is 0.344 e. The van der Waals surface area contributed by atoms with Gasteiger partial charge in [-0.25, -0.2) is 9.59 Å². The van der Waals surface area contributed by atoms with Gasteiger partial charge >= 0.3 is 11.9 Å². The summed E-state index contributed by atoms with van der Waals surface area (Å²) < 4.78 is 12.7. The molecule has 0 radical (unpaired) electrons. The van der Waals surface area contributed by atoms with Crippen molar-refractivity contribution in [1.29, 1.82) is 0 Å². The number of hydrogen-bond donors (Lipinski definition) is 0. The van der Waals surface area contributed by atoms with Gasteiger partial charge < -0.3 is 9.47 Å². The minimum atomic E-state index is -0.454. The lowest BCUT2D eigenvalue weighted by atomic mass is 10.2. The van der Waals surface area contributed by atoms with Gasteiger partial charge in [0, 0.05) is 12.7 Å². The Balaban J connectivity index is 1.82. The van der Waals surface area contributed by atoms with Gasteiger partial charge in [0.1, 0.15) is 11.5 Å². The molecule has 3 rings (SSSR count). The SMILES string of the molecule is Cc1c(OC(=O)c2ccccc2I)cccc1OC(=O)c1ccccc1I. The van der Waals surface area contributed by atoms with Crippen molar-refractivity contribution in [3.8, 4) is 11.5 Å². The molecule has 0 unspecified atom stereocenters. The second-order valence-electron chi connectivity index (χ2n) is 5.62. The molecule has 0 aliphatic heterocycles.